The largest absolute Gasteiger partial charge is 0.457 e. The van der Waals surface area contributed by atoms with Gasteiger partial charge in [-0.05, 0) is 49.9 Å². The van der Waals surface area contributed by atoms with E-state index in [0.717, 1.165) is 97.4 Å². The topological polar surface area (TPSA) is 73.8 Å². The third-order valence-corrected chi connectivity index (χ3v) is 19.7. The van der Waals surface area contributed by atoms with E-state index in [1.165, 1.54) is 250 Å². The maximum absolute atomic E-state index is 6.82. The van der Waals surface area contributed by atoms with Crippen molar-refractivity contribution in [3.63, 3.8) is 0 Å². The van der Waals surface area contributed by atoms with Crippen LogP contribution in [-0.2, 0) is 0 Å². The van der Waals surface area contributed by atoms with Gasteiger partial charge in [-0.2, -0.15) is 0 Å². The van der Waals surface area contributed by atoms with E-state index in [0.29, 0.717) is 0 Å². The van der Waals surface area contributed by atoms with Crippen LogP contribution < -0.4 is 37.9 Å². The minimum Gasteiger partial charge on any atom is -0.457 e. The normalized spacial score (nSPS) is 17.9. The first kappa shape index (κ1) is 63.8. The maximum Gasteiger partial charge on any atom is 0.230 e. The smallest absolute Gasteiger partial charge is 0.230 e. The predicted molar refractivity (Wildman–Crippen MR) is 345 cm³/mol. The first-order valence-electron chi connectivity index (χ1n) is 35.3. The lowest BCUT2D eigenvalue weighted by Crippen LogP contribution is -2.22. The number of benzene rings is 4. The van der Waals surface area contributed by atoms with Gasteiger partial charge in [0.05, 0.1) is 0 Å². The van der Waals surface area contributed by atoms with Gasteiger partial charge >= 0.3 is 0 Å². The molecule has 4 heterocycles. The van der Waals surface area contributed by atoms with Crippen LogP contribution in [0.4, 0.5) is 0 Å². The summed E-state index contributed by atoms with van der Waals surface area (Å²) in [6, 6.07) is 18.9. The third-order valence-electron chi connectivity index (χ3n) is 19.7. The van der Waals surface area contributed by atoms with Crippen LogP contribution in [0.15, 0.2) is 48.5 Å². The Balaban J connectivity index is 1.17. The Hall–Kier alpha value is -4.72. The quantitative estimate of drug-likeness (QED) is 0.0408. The molecule has 0 amide bonds. The lowest BCUT2D eigenvalue weighted by molar-refractivity contribution is 0.0985. The number of unbranched alkanes of at least 4 members (excludes halogenated alkanes) is 32. The van der Waals surface area contributed by atoms with E-state index in [-0.39, 0.29) is 50.8 Å². The summed E-state index contributed by atoms with van der Waals surface area (Å²) in [5.74, 6) is 6.89. The summed E-state index contributed by atoms with van der Waals surface area (Å²) >= 11 is 0. The SMILES string of the molecule is CCCCCCCCCCCC1c2cc3c4cc2OCOc2cc5c(cc21)C(CCCCCCCCCCC)c1cc2c(cc1OCO5)OCOc1cc(c(cc1C2CCCCCCCCCCC)C3CCCCCCCCCCC)OCO4. The summed E-state index contributed by atoms with van der Waals surface area (Å²) in [4.78, 5) is 0. The molecule has 5 aliphatic rings. The fourth-order valence-electron chi connectivity index (χ4n) is 14.7. The van der Waals surface area contributed by atoms with Crippen molar-refractivity contribution in [2.75, 3.05) is 27.2 Å². The monoisotopic (exact) mass is 1150 g/mol. The van der Waals surface area contributed by atoms with Crippen molar-refractivity contribution in [1.82, 2.24) is 0 Å². The molecule has 0 spiro atoms. The fraction of sp³-hybridized carbons (Fsp3) is 0.684. The van der Waals surface area contributed by atoms with E-state index < -0.39 is 0 Å². The molecule has 4 aromatic rings. The summed E-state index contributed by atoms with van der Waals surface area (Å²) in [5, 5.41) is 0. The molecule has 0 N–H and O–H groups in total. The zero-order valence-electron chi connectivity index (χ0n) is 53.3. The van der Waals surface area contributed by atoms with E-state index in [1.54, 1.807) is 0 Å². The van der Waals surface area contributed by atoms with Gasteiger partial charge in [-0.1, -0.05) is 259 Å². The Labute approximate surface area is 509 Å². The van der Waals surface area contributed by atoms with Gasteiger partial charge in [-0.15, -0.1) is 0 Å². The van der Waals surface area contributed by atoms with Crippen molar-refractivity contribution < 1.29 is 37.9 Å². The minimum atomic E-state index is 0.0244. The number of hydrogen-bond acceptors (Lipinski definition) is 8. The van der Waals surface area contributed by atoms with Gasteiger partial charge in [-0.3, -0.25) is 0 Å². The molecule has 0 fully saturated rings. The van der Waals surface area contributed by atoms with Crippen LogP contribution in [-0.4, -0.2) is 27.2 Å². The summed E-state index contributed by atoms with van der Waals surface area (Å²) in [7, 11) is 0. The van der Waals surface area contributed by atoms with Crippen molar-refractivity contribution in [2.45, 2.75) is 308 Å². The highest BCUT2D eigenvalue weighted by atomic mass is 16.7. The van der Waals surface area contributed by atoms with Crippen molar-refractivity contribution in [1.29, 1.82) is 0 Å². The molecular formula is C76H112O8. The van der Waals surface area contributed by atoms with Gasteiger partial charge in [0, 0.05) is 92.4 Å². The molecule has 1 aliphatic carbocycles. The molecule has 0 atom stereocenters. The molecule has 84 heavy (non-hydrogen) atoms. The molecule has 8 nitrogen and oxygen atoms in total. The molecule has 0 unspecified atom stereocenters. The first-order valence-corrected chi connectivity index (χ1v) is 35.3. The number of rotatable bonds is 40. The molecule has 0 aromatic heterocycles. The van der Waals surface area contributed by atoms with Crippen molar-refractivity contribution in [3.8, 4) is 46.0 Å². The second-order valence-electron chi connectivity index (χ2n) is 26.0. The second-order valence-corrected chi connectivity index (χ2v) is 26.0. The Bertz CT molecular complexity index is 2110. The molecular weight excluding hydrogens is 1040 g/mol. The van der Waals surface area contributed by atoms with Gasteiger partial charge in [0.15, 0.2) is 0 Å². The van der Waals surface area contributed by atoms with Gasteiger partial charge in [0.2, 0.25) is 27.2 Å². The van der Waals surface area contributed by atoms with E-state index in [9.17, 15) is 0 Å². The van der Waals surface area contributed by atoms with Crippen LogP contribution >= 0.6 is 0 Å². The standard InChI is InChI=1S/C76H112O8/c1-5-9-13-17-21-25-29-33-37-41-57-61-45-63-58(42-38-34-30-26-22-18-14-10-6-2)65-47-67-60(44-40-36-32-28-24-20-16-12-8-4)68-48-66-59(43-39-35-31-27-23-19-15-11-7-3)64-46-62(57)70-50-72(64)80-55-82-74(66)52-76(68)84-56-83-75(67)51-73(65)81-54-79-71(63)49-69(61)77-53-78-70/h45-52,57-60H,5-44,53-56H2,1-4H3. The maximum atomic E-state index is 6.82. The Morgan fingerprint density at radius 2 is 0.345 bits per heavy atom. The highest BCUT2D eigenvalue weighted by Crippen LogP contribution is 2.55. The Kier molecular flexibility index (Phi) is 26.7. The molecule has 9 rings (SSSR count). The molecule has 8 bridgehead atoms. The number of ether oxygens (including phenoxy) is 8. The van der Waals surface area contributed by atoms with Gasteiger partial charge in [0.25, 0.3) is 0 Å². The molecule has 4 aromatic carbocycles. The van der Waals surface area contributed by atoms with Crippen LogP contribution in [0, 0.1) is 0 Å². The molecule has 0 saturated carbocycles. The predicted octanol–water partition coefficient (Wildman–Crippen LogP) is 23.1. The van der Waals surface area contributed by atoms with Gasteiger partial charge in [-0.25, -0.2) is 0 Å². The summed E-state index contributed by atoms with van der Waals surface area (Å²) in [5.41, 5.74) is 9.90. The Morgan fingerprint density at radius 1 is 0.202 bits per heavy atom. The third kappa shape index (κ3) is 17.7. The highest BCUT2D eigenvalue weighted by molar-refractivity contribution is 5.64. The van der Waals surface area contributed by atoms with E-state index >= 15 is 0 Å². The van der Waals surface area contributed by atoms with Crippen LogP contribution in [0.5, 0.6) is 46.0 Å². The van der Waals surface area contributed by atoms with Crippen LogP contribution in [0.3, 0.4) is 0 Å². The van der Waals surface area contributed by atoms with Gasteiger partial charge < -0.3 is 37.9 Å². The van der Waals surface area contributed by atoms with Gasteiger partial charge in [0.1, 0.15) is 46.0 Å². The van der Waals surface area contributed by atoms with Crippen LogP contribution in [0.25, 0.3) is 0 Å². The second kappa shape index (κ2) is 35.2. The minimum absolute atomic E-state index is 0.0244. The zero-order chi connectivity index (χ0) is 58.0. The van der Waals surface area contributed by atoms with Crippen LogP contribution in [0.1, 0.15) is 353 Å². The van der Waals surface area contributed by atoms with E-state index in [1.807, 2.05) is 0 Å². The van der Waals surface area contributed by atoms with Crippen molar-refractivity contribution in [2.24, 2.45) is 0 Å². The summed E-state index contributed by atoms with van der Waals surface area (Å²) in [6.45, 7) is 9.58. The fourth-order valence-corrected chi connectivity index (χ4v) is 14.7. The van der Waals surface area contributed by atoms with Crippen LogP contribution in [0.2, 0.25) is 0 Å². The summed E-state index contributed by atoms with van der Waals surface area (Å²) < 4.78 is 54.5. The van der Waals surface area contributed by atoms with Crippen molar-refractivity contribution in [3.05, 3.63) is 93.0 Å². The molecule has 464 valence electrons. The lowest BCUT2D eigenvalue weighted by atomic mass is 9.76. The first-order chi connectivity index (χ1) is 41.6. The van der Waals surface area contributed by atoms with Crippen molar-refractivity contribution >= 4 is 0 Å². The average molecular weight is 1150 g/mol. The number of hydrogen-bond donors (Lipinski definition) is 0. The van der Waals surface area contributed by atoms with E-state index in [4.69, 9.17) is 37.9 Å². The molecule has 8 heteroatoms. The molecule has 0 saturated heterocycles. The highest BCUT2D eigenvalue weighted by Gasteiger charge is 2.37. The zero-order valence-corrected chi connectivity index (χ0v) is 53.3. The Morgan fingerprint density at radius 3 is 0.500 bits per heavy atom. The summed E-state index contributed by atoms with van der Waals surface area (Å²) in [6.07, 6.45) is 50.2. The average Bonchev–Trinajstić information content (AvgIpc) is 1.47. The molecule has 0 radical (unpaired) electrons. The lowest BCUT2D eigenvalue weighted by Gasteiger charge is -2.35. The molecule has 4 aliphatic heterocycles. The van der Waals surface area contributed by atoms with E-state index in [2.05, 4.69) is 76.2 Å².